The van der Waals surface area contributed by atoms with Crippen LogP contribution < -0.4 is 10.2 Å². The van der Waals surface area contributed by atoms with Crippen molar-refractivity contribution in [2.45, 2.75) is 19.0 Å². The van der Waals surface area contributed by atoms with E-state index in [-0.39, 0.29) is 5.69 Å². The van der Waals surface area contributed by atoms with Crippen LogP contribution in [0.25, 0.3) is 0 Å². The van der Waals surface area contributed by atoms with Gasteiger partial charge in [-0.05, 0) is 37.1 Å². The van der Waals surface area contributed by atoms with Gasteiger partial charge in [-0.1, -0.05) is 0 Å². The number of nitro groups is 1. The number of amides is 1. The monoisotopic (exact) mass is 452 g/mol. The van der Waals surface area contributed by atoms with Crippen LogP contribution in [-0.2, 0) is 20.5 Å². The molecule has 1 saturated heterocycles. The van der Waals surface area contributed by atoms with Crippen molar-refractivity contribution in [2.75, 3.05) is 29.9 Å². The summed E-state index contributed by atoms with van der Waals surface area (Å²) in [6.45, 7) is 0.316. The average molecular weight is 452 g/mol. The molecule has 0 unspecified atom stereocenters. The summed E-state index contributed by atoms with van der Waals surface area (Å²) >= 11 is 0. The van der Waals surface area contributed by atoms with E-state index in [0.29, 0.717) is 37.4 Å². The Morgan fingerprint density at radius 1 is 1.16 bits per heavy atom. The van der Waals surface area contributed by atoms with E-state index in [0.717, 1.165) is 12.3 Å². The standard InChI is InChI=1S/C20H19F3N4O5/c21-20(22,23)14-1-6-17(24-11-14)26-9-7-13(8-10-26)19(29)32-12-18(28)25-15-2-4-16(5-3-15)27(30)31/h1-6,11,13H,7-10,12H2,(H,25,28). The van der Waals surface area contributed by atoms with E-state index < -0.39 is 41.1 Å². The number of alkyl halides is 3. The maximum atomic E-state index is 12.6. The lowest BCUT2D eigenvalue weighted by Crippen LogP contribution is -2.38. The topological polar surface area (TPSA) is 115 Å². The largest absolute Gasteiger partial charge is 0.455 e. The van der Waals surface area contributed by atoms with Crippen LogP contribution in [0.4, 0.5) is 30.4 Å². The number of non-ortho nitro benzene ring substituents is 1. The summed E-state index contributed by atoms with van der Waals surface area (Å²) in [5.41, 5.74) is -0.618. The molecular weight excluding hydrogens is 433 g/mol. The molecule has 1 aromatic heterocycles. The first kappa shape index (κ1) is 23.0. The van der Waals surface area contributed by atoms with Gasteiger partial charge in [0.15, 0.2) is 6.61 Å². The number of nitrogens with one attached hydrogen (secondary N) is 1. The Bertz CT molecular complexity index is 972. The van der Waals surface area contributed by atoms with Crippen LogP contribution in [0, 0.1) is 16.0 Å². The molecule has 32 heavy (non-hydrogen) atoms. The van der Waals surface area contributed by atoms with Crippen molar-refractivity contribution in [3.8, 4) is 0 Å². The number of ether oxygens (including phenoxy) is 1. The third-order valence-corrected chi connectivity index (χ3v) is 4.93. The van der Waals surface area contributed by atoms with Crippen LogP contribution in [0.15, 0.2) is 42.6 Å². The minimum atomic E-state index is -4.45. The molecule has 3 rings (SSSR count). The number of esters is 1. The van der Waals surface area contributed by atoms with Gasteiger partial charge in [-0.25, -0.2) is 4.98 Å². The van der Waals surface area contributed by atoms with Gasteiger partial charge in [0.25, 0.3) is 11.6 Å². The lowest BCUT2D eigenvalue weighted by atomic mass is 9.97. The summed E-state index contributed by atoms with van der Waals surface area (Å²) in [4.78, 5) is 39.9. The zero-order valence-electron chi connectivity index (χ0n) is 16.7. The number of piperidine rings is 1. The first-order valence-electron chi connectivity index (χ1n) is 9.62. The Balaban J connectivity index is 1.43. The van der Waals surface area contributed by atoms with E-state index in [9.17, 15) is 32.9 Å². The molecule has 0 radical (unpaired) electrons. The van der Waals surface area contributed by atoms with Gasteiger partial charge < -0.3 is 15.0 Å². The van der Waals surface area contributed by atoms with Crippen molar-refractivity contribution in [2.24, 2.45) is 5.92 Å². The summed E-state index contributed by atoms with van der Waals surface area (Å²) < 4.78 is 43.0. The smallest absolute Gasteiger partial charge is 0.417 e. The SMILES string of the molecule is O=C(COC(=O)C1CCN(c2ccc(C(F)(F)F)cn2)CC1)Nc1ccc([N+](=O)[O-])cc1. The lowest BCUT2D eigenvalue weighted by molar-refractivity contribution is -0.384. The molecule has 0 spiro atoms. The van der Waals surface area contributed by atoms with E-state index >= 15 is 0 Å². The molecule has 12 heteroatoms. The first-order valence-corrected chi connectivity index (χ1v) is 9.62. The Hall–Kier alpha value is -3.70. The number of rotatable bonds is 6. The average Bonchev–Trinajstić information content (AvgIpc) is 2.77. The summed E-state index contributed by atoms with van der Waals surface area (Å²) in [6, 6.07) is 7.46. The lowest BCUT2D eigenvalue weighted by Gasteiger charge is -2.31. The number of carbonyl (C=O) groups excluding carboxylic acids is 2. The fourth-order valence-electron chi connectivity index (χ4n) is 3.20. The summed E-state index contributed by atoms with van der Waals surface area (Å²) in [5.74, 6) is -1.16. The normalized spacial score (nSPS) is 14.7. The number of pyridine rings is 1. The third kappa shape index (κ3) is 5.93. The molecule has 1 N–H and O–H groups in total. The van der Waals surface area contributed by atoms with Gasteiger partial charge >= 0.3 is 12.1 Å². The van der Waals surface area contributed by atoms with Crippen molar-refractivity contribution < 1.29 is 32.4 Å². The highest BCUT2D eigenvalue weighted by Gasteiger charge is 2.31. The molecule has 0 saturated carbocycles. The molecule has 1 fully saturated rings. The molecule has 170 valence electrons. The predicted molar refractivity (Wildman–Crippen MR) is 107 cm³/mol. The molecule has 0 bridgehead atoms. The molecular formula is C20H19F3N4O5. The van der Waals surface area contributed by atoms with Gasteiger partial charge in [0.2, 0.25) is 0 Å². The van der Waals surface area contributed by atoms with Crippen molar-refractivity contribution in [1.82, 2.24) is 4.98 Å². The molecule has 1 amide bonds. The molecule has 1 aliphatic rings. The fraction of sp³-hybridized carbons (Fsp3) is 0.350. The fourth-order valence-corrected chi connectivity index (χ4v) is 3.20. The Labute approximate surface area is 180 Å². The minimum absolute atomic E-state index is 0.118. The Kier molecular flexibility index (Phi) is 6.91. The maximum absolute atomic E-state index is 12.6. The van der Waals surface area contributed by atoms with E-state index in [1.807, 2.05) is 0 Å². The number of aromatic nitrogens is 1. The number of hydrogen-bond donors (Lipinski definition) is 1. The van der Waals surface area contributed by atoms with Crippen molar-refractivity contribution in [3.05, 3.63) is 58.3 Å². The molecule has 1 aromatic carbocycles. The zero-order chi connectivity index (χ0) is 23.3. The van der Waals surface area contributed by atoms with E-state index in [2.05, 4.69) is 10.3 Å². The van der Waals surface area contributed by atoms with Gasteiger partial charge in [-0.2, -0.15) is 13.2 Å². The van der Waals surface area contributed by atoms with Crippen LogP contribution in [-0.4, -0.2) is 41.5 Å². The Morgan fingerprint density at radius 3 is 2.34 bits per heavy atom. The first-order chi connectivity index (χ1) is 15.1. The zero-order valence-corrected chi connectivity index (χ0v) is 16.7. The molecule has 2 aromatic rings. The molecule has 0 aliphatic carbocycles. The molecule has 2 heterocycles. The molecule has 0 atom stereocenters. The highest BCUT2D eigenvalue weighted by atomic mass is 19.4. The van der Waals surface area contributed by atoms with Crippen LogP contribution in [0.2, 0.25) is 0 Å². The van der Waals surface area contributed by atoms with Crippen LogP contribution in [0.3, 0.4) is 0 Å². The van der Waals surface area contributed by atoms with Crippen molar-refractivity contribution >= 4 is 29.1 Å². The maximum Gasteiger partial charge on any atom is 0.417 e. The summed E-state index contributed by atoms with van der Waals surface area (Å²) in [5, 5.41) is 13.1. The summed E-state index contributed by atoms with van der Waals surface area (Å²) in [6.07, 6.45) is -2.86. The number of halogens is 3. The van der Waals surface area contributed by atoms with Gasteiger partial charge in [0.05, 0.1) is 16.4 Å². The second-order valence-corrected chi connectivity index (χ2v) is 7.12. The highest BCUT2D eigenvalue weighted by Crippen LogP contribution is 2.30. The number of hydrogen-bond acceptors (Lipinski definition) is 7. The van der Waals surface area contributed by atoms with Gasteiger partial charge in [-0.3, -0.25) is 19.7 Å². The predicted octanol–water partition coefficient (Wildman–Crippen LogP) is 3.41. The Morgan fingerprint density at radius 2 is 1.81 bits per heavy atom. The van der Waals surface area contributed by atoms with Gasteiger partial charge in [0.1, 0.15) is 5.82 Å². The van der Waals surface area contributed by atoms with Gasteiger partial charge in [-0.15, -0.1) is 0 Å². The van der Waals surface area contributed by atoms with E-state index in [1.54, 1.807) is 4.90 Å². The number of nitrogens with zero attached hydrogens (tertiary/aromatic N) is 3. The highest BCUT2D eigenvalue weighted by molar-refractivity contribution is 5.93. The number of carbonyl (C=O) groups is 2. The second kappa shape index (κ2) is 9.62. The van der Waals surface area contributed by atoms with Crippen molar-refractivity contribution in [3.63, 3.8) is 0 Å². The molecule has 9 nitrogen and oxygen atoms in total. The number of nitro benzene ring substituents is 1. The number of benzene rings is 1. The minimum Gasteiger partial charge on any atom is -0.455 e. The second-order valence-electron chi connectivity index (χ2n) is 7.12. The third-order valence-electron chi connectivity index (χ3n) is 4.93. The van der Waals surface area contributed by atoms with Crippen molar-refractivity contribution in [1.29, 1.82) is 0 Å². The quantitative estimate of drug-likeness (QED) is 0.406. The summed E-state index contributed by atoms with van der Waals surface area (Å²) in [7, 11) is 0. The van der Waals surface area contributed by atoms with Crippen LogP contribution in [0.5, 0.6) is 0 Å². The van der Waals surface area contributed by atoms with Crippen LogP contribution in [0.1, 0.15) is 18.4 Å². The van der Waals surface area contributed by atoms with Gasteiger partial charge in [0, 0.05) is 37.1 Å². The number of anilines is 2. The molecule has 1 aliphatic heterocycles. The van der Waals surface area contributed by atoms with Crippen LogP contribution >= 0.6 is 0 Å². The van der Waals surface area contributed by atoms with E-state index in [1.165, 1.54) is 30.3 Å². The van der Waals surface area contributed by atoms with E-state index in [4.69, 9.17) is 4.74 Å².